The van der Waals surface area contributed by atoms with E-state index < -0.39 is 0 Å². The number of aromatic nitrogens is 4. The number of halogens is 1. The fourth-order valence-corrected chi connectivity index (χ4v) is 7.47. The molecular weight excluding hydrogens is 718 g/mol. The molecule has 4 aromatic carbocycles. The van der Waals surface area contributed by atoms with Crippen molar-refractivity contribution in [2.45, 2.75) is 0 Å². The van der Waals surface area contributed by atoms with Crippen molar-refractivity contribution in [3.63, 3.8) is 0 Å². The fraction of sp³-hybridized carbons (Fsp3) is 0.0217. The Morgan fingerprint density at radius 1 is 0.415 bits per heavy atom. The molecule has 0 unspecified atom stereocenters. The molecule has 9 rings (SSSR count). The Morgan fingerprint density at radius 3 is 1.15 bits per heavy atom. The van der Waals surface area contributed by atoms with E-state index in [0.29, 0.717) is 0 Å². The molecule has 0 radical (unpaired) electrons. The van der Waals surface area contributed by atoms with E-state index in [-0.39, 0.29) is 11.2 Å². The molecule has 0 saturated heterocycles. The van der Waals surface area contributed by atoms with E-state index in [0.717, 1.165) is 94.4 Å². The molecule has 6 nitrogen and oxygen atoms in total. The molecule has 0 aliphatic carbocycles. The van der Waals surface area contributed by atoms with Gasteiger partial charge in [-0.05, 0) is 82.9 Å². The smallest absolute Gasteiger partial charge is 0.235 e. The van der Waals surface area contributed by atoms with Crippen LogP contribution in [0.5, 0.6) is 0 Å². The molecule has 1 aliphatic rings. The molecule has 1 amide bonds. The predicted octanol–water partition coefficient (Wildman–Crippen LogP) is 6.64. The fourth-order valence-electron chi connectivity index (χ4n) is 7.33. The van der Waals surface area contributed by atoms with Crippen molar-refractivity contribution in [3.05, 3.63) is 230 Å². The standard InChI is InChI=1S/C46H34BrN5O/c47-28-42(53)48-33-18-10-17-32(27-33)46-40-25-23-38(51-40)44(30-13-6-2-7-14-30)36-21-19-34(49-36)43(29-11-4-1-5-12-29)35-20-22-37(50-35)45(31-15-8-3-9-16-31)39-24-26-41(46)52-39/h1-27,49-52H,28H2,(H,48,53). The van der Waals surface area contributed by atoms with Crippen LogP contribution in [0.3, 0.4) is 0 Å². The lowest BCUT2D eigenvalue weighted by molar-refractivity contribution is -0.113. The molecular formula is C46H34BrN5O. The maximum atomic E-state index is 12.4. The quantitative estimate of drug-likeness (QED) is 0.121. The summed E-state index contributed by atoms with van der Waals surface area (Å²) in [5.74, 6) is -0.109. The van der Waals surface area contributed by atoms with Crippen LogP contribution in [-0.4, -0.2) is 31.2 Å². The molecule has 53 heavy (non-hydrogen) atoms. The van der Waals surface area contributed by atoms with Gasteiger partial charge < -0.3 is 25.3 Å². The van der Waals surface area contributed by atoms with Gasteiger partial charge in [-0.15, -0.1) is 0 Å². The number of rotatable bonds is 6. The predicted molar refractivity (Wildman–Crippen MR) is 216 cm³/mol. The summed E-state index contributed by atoms with van der Waals surface area (Å²) in [4.78, 5) is 27.7. The van der Waals surface area contributed by atoms with E-state index in [2.05, 4.69) is 175 Å². The zero-order chi connectivity index (χ0) is 35.7. The minimum atomic E-state index is -0.109. The number of carbonyl (C=O) groups is 1. The van der Waals surface area contributed by atoms with Crippen molar-refractivity contribution in [2.24, 2.45) is 0 Å². The Bertz CT molecular complexity index is 2860. The van der Waals surface area contributed by atoms with E-state index in [1.165, 1.54) is 0 Å². The summed E-state index contributed by atoms with van der Waals surface area (Å²) in [6.45, 7) is 0. The summed E-state index contributed by atoms with van der Waals surface area (Å²) < 4.78 is 0. The van der Waals surface area contributed by atoms with Gasteiger partial charge in [0.25, 0.3) is 0 Å². The van der Waals surface area contributed by atoms with Gasteiger partial charge in [-0.3, -0.25) is 4.79 Å². The van der Waals surface area contributed by atoms with Gasteiger partial charge in [0.15, 0.2) is 0 Å². The van der Waals surface area contributed by atoms with Crippen molar-refractivity contribution in [1.29, 1.82) is 0 Å². The Balaban J connectivity index is 1.40. The highest BCUT2D eigenvalue weighted by atomic mass is 79.9. The van der Waals surface area contributed by atoms with Crippen LogP contribution in [0.1, 0.15) is 45.0 Å². The normalized spacial score (nSPS) is 12.6. The molecule has 0 spiro atoms. The SMILES string of the molecule is O=C(CBr)Nc1cccc(C2=c3ccc([nH]3)=C(c3ccccc3)c3ccc([nH]3)C(c3ccccc3)=c3ccc([nH]3)=C(c3ccccc3)c3ccc2[nH]3)c1. The third-order valence-electron chi connectivity index (χ3n) is 9.64. The van der Waals surface area contributed by atoms with Crippen LogP contribution in [0.2, 0.25) is 0 Å². The molecule has 5 N–H and O–H groups in total. The van der Waals surface area contributed by atoms with Gasteiger partial charge in [0.1, 0.15) is 0 Å². The van der Waals surface area contributed by atoms with Gasteiger partial charge >= 0.3 is 0 Å². The number of anilines is 1. The molecule has 4 aromatic heterocycles. The van der Waals surface area contributed by atoms with Crippen molar-refractivity contribution in [1.82, 2.24) is 19.9 Å². The second-order valence-electron chi connectivity index (χ2n) is 13.0. The average Bonchev–Trinajstić information content (AvgIpc) is 4.04. The second-order valence-corrected chi connectivity index (χ2v) is 13.6. The Hall–Kier alpha value is -6.57. The second kappa shape index (κ2) is 13.9. The Morgan fingerprint density at radius 2 is 0.774 bits per heavy atom. The van der Waals surface area contributed by atoms with Crippen molar-refractivity contribution in [2.75, 3.05) is 10.6 Å². The summed E-state index contributed by atoms with van der Waals surface area (Å²) in [6, 6.07) is 56.7. The summed E-state index contributed by atoms with van der Waals surface area (Å²) in [5.41, 5.74) is 13.0. The van der Waals surface area contributed by atoms with Crippen molar-refractivity contribution >= 4 is 49.8 Å². The van der Waals surface area contributed by atoms with E-state index in [1.807, 2.05) is 30.3 Å². The van der Waals surface area contributed by atoms with Crippen LogP contribution in [-0.2, 0) is 4.79 Å². The maximum Gasteiger partial charge on any atom is 0.235 e. The first kappa shape index (κ1) is 32.3. The molecule has 0 saturated carbocycles. The first-order valence-corrected chi connectivity index (χ1v) is 18.6. The summed E-state index contributed by atoms with van der Waals surface area (Å²) >= 11 is 3.28. The lowest BCUT2D eigenvalue weighted by Crippen LogP contribution is -2.19. The first-order valence-electron chi connectivity index (χ1n) is 17.5. The van der Waals surface area contributed by atoms with E-state index in [9.17, 15) is 4.79 Å². The number of alkyl halides is 1. The monoisotopic (exact) mass is 751 g/mol. The van der Waals surface area contributed by atoms with Crippen LogP contribution < -0.4 is 26.7 Å². The third kappa shape index (κ3) is 6.21. The third-order valence-corrected chi connectivity index (χ3v) is 10.2. The van der Waals surface area contributed by atoms with Crippen LogP contribution in [0.25, 0.3) is 22.3 Å². The summed E-state index contributed by atoms with van der Waals surface area (Å²) in [7, 11) is 0. The van der Waals surface area contributed by atoms with Crippen LogP contribution in [0, 0.1) is 0 Å². The summed E-state index contributed by atoms with van der Waals surface area (Å²) in [6.07, 6.45) is 0. The van der Waals surface area contributed by atoms with Gasteiger partial charge in [0, 0.05) is 72.2 Å². The van der Waals surface area contributed by atoms with E-state index in [4.69, 9.17) is 0 Å². The molecule has 7 heteroatoms. The van der Waals surface area contributed by atoms with Gasteiger partial charge in [0.2, 0.25) is 5.91 Å². The molecule has 8 aromatic rings. The number of H-pyrrole nitrogens is 4. The largest absolute Gasteiger partial charge is 0.354 e. The van der Waals surface area contributed by atoms with Crippen molar-refractivity contribution in [3.8, 4) is 0 Å². The van der Waals surface area contributed by atoms with Crippen LogP contribution in [0.15, 0.2) is 164 Å². The molecule has 8 bridgehead atoms. The molecule has 0 fully saturated rings. The Kier molecular flexibility index (Phi) is 8.46. The first-order chi connectivity index (χ1) is 26.1. The number of carbonyl (C=O) groups excluding carboxylic acids is 1. The van der Waals surface area contributed by atoms with Gasteiger partial charge in [-0.25, -0.2) is 0 Å². The number of nitrogens with one attached hydrogen (secondary N) is 5. The highest BCUT2D eigenvalue weighted by Gasteiger charge is 2.18. The van der Waals surface area contributed by atoms with Gasteiger partial charge in [-0.1, -0.05) is 119 Å². The van der Waals surface area contributed by atoms with Crippen LogP contribution in [0.4, 0.5) is 5.69 Å². The molecule has 1 aliphatic heterocycles. The summed E-state index contributed by atoms with van der Waals surface area (Å²) in [5, 5.41) is 7.13. The zero-order valence-electron chi connectivity index (χ0n) is 28.6. The maximum absolute atomic E-state index is 12.4. The van der Waals surface area contributed by atoms with Gasteiger partial charge in [-0.2, -0.15) is 0 Å². The number of hydrogen-bond donors (Lipinski definition) is 5. The number of fused-ring (bicyclic) bond motifs is 8. The molecule has 0 atom stereocenters. The van der Waals surface area contributed by atoms with Gasteiger partial charge in [0.05, 0.1) is 5.33 Å². The van der Waals surface area contributed by atoms with E-state index in [1.54, 1.807) is 0 Å². The lowest BCUT2D eigenvalue weighted by atomic mass is 10.0. The molecule has 256 valence electrons. The minimum Gasteiger partial charge on any atom is -0.354 e. The highest BCUT2D eigenvalue weighted by Crippen LogP contribution is 2.28. The zero-order valence-corrected chi connectivity index (χ0v) is 30.2. The number of benzene rings is 4. The van der Waals surface area contributed by atoms with Crippen LogP contribution >= 0.6 is 15.9 Å². The highest BCUT2D eigenvalue weighted by molar-refractivity contribution is 9.09. The number of amides is 1. The average molecular weight is 753 g/mol. The topological polar surface area (TPSA) is 92.3 Å². The number of aromatic amines is 4. The van der Waals surface area contributed by atoms with Crippen molar-refractivity contribution < 1.29 is 4.79 Å². The van der Waals surface area contributed by atoms with E-state index >= 15 is 0 Å². The Labute approximate surface area is 314 Å². The number of hydrogen-bond acceptors (Lipinski definition) is 1. The molecule has 5 heterocycles. The lowest BCUT2D eigenvalue weighted by Gasteiger charge is -2.11. The minimum absolute atomic E-state index is 0.109.